The van der Waals surface area contributed by atoms with Gasteiger partial charge in [0, 0.05) is 37.3 Å². The normalized spacial score (nSPS) is 16.7. The fraction of sp³-hybridized carbons (Fsp3) is 0.350. The number of aromatic amines is 1. The Kier molecular flexibility index (Phi) is 4.77. The Morgan fingerprint density at radius 2 is 2.32 bits per heavy atom. The number of pyridine rings is 1. The first-order valence-electron chi connectivity index (χ1n) is 9.41. The van der Waals surface area contributed by atoms with Crippen molar-refractivity contribution in [2.24, 2.45) is 0 Å². The maximum Gasteiger partial charge on any atom is 0.246 e. The first-order valence-corrected chi connectivity index (χ1v) is 9.41. The molecule has 1 atom stereocenters. The van der Waals surface area contributed by atoms with E-state index in [4.69, 9.17) is 4.74 Å². The predicted octanol–water partition coefficient (Wildman–Crippen LogP) is 3.25. The van der Waals surface area contributed by atoms with Gasteiger partial charge in [-0.3, -0.25) is 9.89 Å². The highest BCUT2D eigenvalue weighted by atomic mass is 16.5. The first kappa shape index (κ1) is 18.1. The minimum Gasteiger partial charge on any atom is -0.472 e. The molecule has 1 aliphatic heterocycles. The summed E-state index contributed by atoms with van der Waals surface area (Å²) >= 11 is 0. The number of amides is 1. The summed E-state index contributed by atoms with van der Waals surface area (Å²) in [6.45, 7) is 9.04. The average Bonchev–Trinajstić information content (AvgIpc) is 3.41. The summed E-state index contributed by atoms with van der Waals surface area (Å²) < 4.78 is 8.43. The molecule has 3 aromatic rings. The lowest BCUT2D eigenvalue weighted by Crippen LogP contribution is -2.29. The van der Waals surface area contributed by atoms with E-state index >= 15 is 0 Å². The van der Waals surface area contributed by atoms with Crippen molar-refractivity contribution in [1.82, 2.24) is 24.6 Å². The van der Waals surface area contributed by atoms with Crippen LogP contribution < -0.4 is 10.1 Å². The molecule has 0 bridgehead atoms. The van der Waals surface area contributed by atoms with Gasteiger partial charge in [0.1, 0.15) is 17.7 Å². The van der Waals surface area contributed by atoms with Crippen molar-refractivity contribution >= 4 is 28.4 Å². The number of ether oxygens (including phenoxy) is 1. The minimum atomic E-state index is -0.0931. The molecule has 1 fully saturated rings. The number of anilines is 2. The number of nitrogens with one attached hydrogen (secondary N) is 2. The Hall–Kier alpha value is -3.29. The summed E-state index contributed by atoms with van der Waals surface area (Å²) in [4.78, 5) is 18.3. The van der Waals surface area contributed by atoms with Crippen LogP contribution in [0.1, 0.15) is 26.3 Å². The fourth-order valence-electron chi connectivity index (χ4n) is 3.50. The van der Waals surface area contributed by atoms with E-state index in [0.717, 1.165) is 23.1 Å². The van der Waals surface area contributed by atoms with Crippen molar-refractivity contribution in [1.29, 1.82) is 0 Å². The van der Waals surface area contributed by atoms with Crippen molar-refractivity contribution < 1.29 is 9.53 Å². The first-order chi connectivity index (χ1) is 13.5. The third kappa shape index (κ3) is 3.45. The largest absolute Gasteiger partial charge is 0.472 e. The van der Waals surface area contributed by atoms with Gasteiger partial charge in [-0.2, -0.15) is 10.1 Å². The summed E-state index contributed by atoms with van der Waals surface area (Å²) in [5.41, 5.74) is 1.04. The van der Waals surface area contributed by atoms with Gasteiger partial charge >= 0.3 is 0 Å². The number of hydrogen-bond donors (Lipinski definition) is 2. The van der Waals surface area contributed by atoms with Gasteiger partial charge in [-0.1, -0.05) is 6.58 Å². The Morgan fingerprint density at radius 1 is 1.46 bits per heavy atom. The maximum atomic E-state index is 11.8. The van der Waals surface area contributed by atoms with Crippen molar-refractivity contribution in [3.63, 3.8) is 0 Å². The van der Waals surface area contributed by atoms with Crippen LogP contribution in [0.25, 0.3) is 10.9 Å². The number of carbonyl (C=O) groups excluding carboxylic acids is 1. The summed E-state index contributed by atoms with van der Waals surface area (Å²) in [6, 6.07) is 6.17. The van der Waals surface area contributed by atoms with Crippen LogP contribution in [0.4, 0.5) is 11.6 Å². The summed E-state index contributed by atoms with van der Waals surface area (Å²) in [5, 5.41) is 11.0. The molecule has 2 N–H and O–H groups in total. The van der Waals surface area contributed by atoms with Gasteiger partial charge in [-0.15, -0.1) is 0 Å². The van der Waals surface area contributed by atoms with Crippen LogP contribution in [-0.4, -0.2) is 49.7 Å². The summed E-state index contributed by atoms with van der Waals surface area (Å²) in [5.74, 6) is 1.93. The lowest BCUT2D eigenvalue weighted by molar-refractivity contribution is -0.125. The third-order valence-corrected chi connectivity index (χ3v) is 4.91. The van der Waals surface area contributed by atoms with E-state index < -0.39 is 0 Å². The third-order valence-electron chi connectivity index (χ3n) is 4.91. The molecule has 8 heteroatoms. The van der Waals surface area contributed by atoms with Crippen LogP contribution in [0.3, 0.4) is 0 Å². The molecule has 28 heavy (non-hydrogen) atoms. The van der Waals surface area contributed by atoms with Gasteiger partial charge in [0.25, 0.3) is 0 Å². The van der Waals surface area contributed by atoms with E-state index in [-0.39, 0.29) is 12.0 Å². The van der Waals surface area contributed by atoms with Crippen molar-refractivity contribution in [2.75, 3.05) is 18.4 Å². The fourth-order valence-corrected chi connectivity index (χ4v) is 3.50. The number of fused-ring (bicyclic) bond motifs is 1. The smallest absolute Gasteiger partial charge is 0.246 e. The molecule has 0 radical (unpaired) electrons. The quantitative estimate of drug-likeness (QED) is 0.641. The van der Waals surface area contributed by atoms with Crippen LogP contribution in [0.15, 0.2) is 43.2 Å². The van der Waals surface area contributed by atoms with Crippen molar-refractivity contribution in [3.05, 3.63) is 43.2 Å². The molecule has 1 saturated heterocycles. The summed E-state index contributed by atoms with van der Waals surface area (Å²) in [6.07, 6.45) is 5.75. The van der Waals surface area contributed by atoms with Crippen LogP contribution >= 0.6 is 0 Å². The molecule has 8 nitrogen and oxygen atoms in total. The number of carbonyl (C=O) groups is 1. The number of H-pyrrole nitrogens is 1. The molecule has 0 saturated carbocycles. The Labute approximate surface area is 163 Å². The van der Waals surface area contributed by atoms with E-state index in [0.29, 0.717) is 30.8 Å². The number of rotatable bonds is 6. The second-order valence-corrected chi connectivity index (χ2v) is 7.17. The highest BCUT2D eigenvalue weighted by Crippen LogP contribution is 2.32. The van der Waals surface area contributed by atoms with Gasteiger partial charge in [0.05, 0.1) is 23.6 Å². The lowest BCUT2D eigenvalue weighted by atomic mass is 10.2. The topological polar surface area (TPSA) is 88.1 Å². The molecule has 1 amide bonds. The molecule has 0 spiro atoms. The monoisotopic (exact) mass is 380 g/mol. The zero-order valence-electron chi connectivity index (χ0n) is 16.1. The molecule has 146 valence electrons. The Balaban J connectivity index is 1.66. The summed E-state index contributed by atoms with van der Waals surface area (Å²) in [7, 11) is 0. The number of likely N-dealkylation sites (tertiary alicyclic amines) is 1. The zero-order chi connectivity index (χ0) is 19.7. The highest BCUT2D eigenvalue weighted by Gasteiger charge is 2.27. The molecule has 0 unspecified atom stereocenters. The Bertz CT molecular complexity index is 992. The maximum absolute atomic E-state index is 11.8. The average molecular weight is 380 g/mol. The second-order valence-electron chi connectivity index (χ2n) is 7.17. The van der Waals surface area contributed by atoms with E-state index in [9.17, 15) is 4.79 Å². The van der Waals surface area contributed by atoms with Crippen LogP contribution in [0.2, 0.25) is 0 Å². The molecule has 1 aliphatic rings. The molecular formula is C20H24N6O2. The van der Waals surface area contributed by atoms with Gasteiger partial charge in [0.2, 0.25) is 11.8 Å². The molecular weight excluding hydrogens is 356 g/mol. The number of nitrogens with zero attached hydrogens (tertiary/aromatic N) is 4. The van der Waals surface area contributed by atoms with E-state index in [1.807, 2.05) is 24.4 Å². The molecule has 3 aromatic heterocycles. The number of hydrogen-bond acceptors (Lipinski definition) is 5. The van der Waals surface area contributed by atoms with Crippen LogP contribution in [0, 0.1) is 0 Å². The second kappa shape index (κ2) is 7.38. The van der Waals surface area contributed by atoms with Crippen LogP contribution in [0.5, 0.6) is 5.88 Å². The van der Waals surface area contributed by atoms with Crippen LogP contribution in [-0.2, 0) is 4.79 Å². The van der Waals surface area contributed by atoms with E-state index in [1.54, 1.807) is 11.1 Å². The van der Waals surface area contributed by atoms with Gasteiger partial charge in [-0.25, -0.2) is 0 Å². The molecule has 0 aromatic carbocycles. The standard InChI is InChI=1S/C20H24N6O2/c1-4-19(27)25-9-6-14(12-25)28-20-15-7-10-26(13(2)3)16(15)11-18(23-20)22-17-5-8-21-24-17/h4-5,7-8,10-11,13-14H,1,6,9,12H2,2-3H3,(H2,21,22,23,24)/t14-/m0/s1. The predicted molar refractivity (Wildman–Crippen MR) is 108 cm³/mol. The van der Waals surface area contributed by atoms with Crippen molar-refractivity contribution in [2.45, 2.75) is 32.4 Å². The van der Waals surface area contributed by atoms with E-state index in [1.165, 1.54) is 6.08 Å². The van der Waals surface area contributed by atoms with Gasteiger partial charge < -0.3 is 19.5 Å². The number of aromatic nitrogens is 4. The van der Waals surface area contributed by atoms with Gasteiger partial charge in [0.15, 0.2) is 0 Å². The zero-order valence-corrected chi connectivity index (χ0v) is 16.1. The van der Waals surface area contributed by atoms with E-state index in [2.05, 4.69) is 45.5 Å². The molecule has 4 rings (SSSR count). The molecule has 0 aliphatic carbocycles. The SMILES string of the molecule is C=CC(=O)N1CC[C@H](Oc2nc(Nc3ccn[nH]3)cc3c2ccn3C(C)C)C1. The highest BCUT2D eigenvalue weighted by molar-refractivity contribution is 5.88. The minimum absolute atomic E-state index is 0.0650. The Morgan fingerprint density at radius 3 is 3.04 bits per heavy atom. The lowest BCUT2D eigenvalue weighted by Gasteiger charge is -2.17. The van der Waals surface area contributed by atoms with Crippen molar-refractivity contribution in [3.8, 4) is 5.88 Å². The molecule has 4 heterocycles. The van der Waals surface area contributed by atoms with Gasteiger partial charge in [-0.05, 0) is 26.0 Å².